The standard InChI is InChI=1S/C36H46N2O8S/c1-36(2,3)46-35(41)38(25-32(39)27-12-8-7-9-13-27)22-23-44-29-19-16-26(17-20-29)28-18-21-31(34(40)37-47(4,42)43)33(24-28)45-30-14-10-5-6-11-15-30/h7-9,12-13,16-21,24,30,32,39H,5-6,10-11,14-15,22-23,25H2,1-4H3,(H,37,40)/t32-/m0/s1. The lowest BCUT2D eigenvalue weighted by atomic mass is 10.0. The second-order valence-corrected chi connectivity index (χ2v) is 14.6. The average Bonchev–Trinajstić information content (AvgIpc) is 3.28. The van der Waals surface area contributed by atoms with Gasteiger partial charge in [0.15, 0.2) is 0 Å². The predicted octanol–water partition coefficient (Wildman–Crippen LogP) is 6.49. The van der Waals surface area contributed by atoms with Crippen LogP contribution in [0.25, 0.3) is 11.1 Å². The minimum atomic E-state index is -3.75. The third kappa shape index (κ3) is 11.6. The van der Waals surface area contributed by atoms with Crippen LogP contribution >= 0.6 is 0 Å². The van der Waals surface area contributed by atoms with Crippen LogP contribution in [0.3, 0.4) is 0 Å². The van der Waals surface area contributed by atoms with Crippen molar-refractivity contribution in [1.29, 1.82) is 0 Å². The Balaban J connectivity index is 1.45. The molecule has 3 aromatic carbocycles. The molecule has 0 saturated heterocycles. The van der Waals surface area contributed by atoms with Crippen LogP contribution in [0.5, 0.6) is 11.5 Å². The van der Waals surface area contributed by atoms with E-state index < -0.39 is 33.7 Å². The highest BCUT2D eigenvalue weighted by molar-refractivity contribution is 7.89. The molecule has 1 atom stereocenters. The summed E-state index contributed by atoms with van der Waals surface area (Å²) in [7, 11) is -3.75. The van der Waals surface area contributed by atoms with E-state index in [1.165, 1.54) is 4.90 Å². The summed E-state index contributed by atoms with van der Waals surface area (Å²) >= 11 is 0. The van der Waals surface area contributed by atoms with Crippen molar-refractivity contribution in [2.24, 2.45) is 0 Å². The van der Waals surface area contributed by atoms with Crippen molar-refractivity contribution < 1.29 is 37.3 Å². The summed E-state index contributed by atoms with van der Waals surface area (Å²) in [6, 6.07) is 21.6. The van der Waals surface area contributed by atoms with Crippen molar-refractivity contribution in [1.82, 2.24) is 9.62 Å². The number of hydrogen-bond donors (Lipinski definition) is 2. The number of amides is 2. The van der Waals surface area contributed by atoms with Crippen LogP contribution in [-0.4, -0.2) is 68.1 Å². The smallest absolute Gasteiger partial charge is 0.410 e. The molecule has 4 rings (SSSR count). The number of carbonyl (C=O) groups excluding carboxylic acids is 2. The molecule has 1 aliphatic carbocycles. The topological polar surface area (TPSA) is 131 Å². The van der Waals surface area contributed by atoms with E-state index in [0.717, 1.165) is 55.9 Å². The Morgan fingerprint density at radius 1 is 0.936 bits per heavy atom. The normalized spacial score (nSPS) is 14.8. The molecular weight excluding hydrogens is 620 g/mol. The Hall–Kier alpha value is -4.09. The minimum absolute atomic E-state index is 0.0463. The first-order valence-electron chi connectivity index (χ1n) is 16.0. The summed E-state index contributed by atoms with van der Waals surface area (Å²) in [6.07, 6.45) is 5.58. The van der Waals surface area contributed by atoms with Gasteiger partial charge < -0.3 is 24.2 Å². The maximum Gasteiger partial charge on any atom is 0.410 e. The Labute approximate surface area is 278 Å². The molecule has 10 nitrogen and oxygen atoms in total. The SMILES string of the molecule is CC(C)(C)OC(=O)N(CCOc1ccc(-c2ccc(C(=O)NS(C)(=O)=O)c(OC3CCCCCC3)c2)cc1)C[C@H](O)c1ccccc1. The van der Waals surface area contributed by atoms with E-state index in [0.29, 0.717) is 17.1 Å². The van der Waals surface area contributed by atoms with Gasteiger partial charge in [-0.1, -0.05) is 61.4 Å². The van der Waals surface area contributed by atoms with Gasteiger partial charge in [-0.05, 0) is 87.4 Å². The Kier molecular flexibility index (Phi) is 12.3. The Bertz CT molecular complexity index is 1580. The third-order valence-corrected chi connectivity index (χ3v) is 8.20. The first-order chi connectivity index (χ1) is 22.3. The van der Waals surface area contributed by atoms with Crippen LogP contribution in [0.1, 0.15) is 81.3 Å². The molecule has 254 valence electrons. The number of aliphatic hydroxyl groups is 1. The van der Waals surface area contributed by atoms with Crippen LogP contribution in [0.15, 0.2) is 72.8 Å². The maximum atomic E-state index is 12.9. The van der Waals surface area contributed by atoms with Gasteiger partial charge >= 0.3 is 6.09 Å². The van der Waals surface area contributed by atoms with Crippen LogP contribution in [0.4, 0.5) is 4.79 Å². The number of benzene rings is 3. The van der Waals surface area contributed by atoms with Crippen molar-refractivity contribution in [2.45, 2.75) is 77.1 Å². The molecule has 1 aliphatic rings. The van der Waals surface area contributed by atoms with E-state index in [2.05, 4.69) is 0 Å². The van der Waals surface area contributed by atoms with Gasteiger partial charge in [0.1, 0.15) is 23.7 Å². The van der Waals surface area contributed by atoms with Gasteiger partial charge in [0.25, 0.3) is 5.91 Å². The molecule has 2 N–H and O–H groups in total. The fraction of sp³-hybridized carbons (Fsp3) is 0.444. The van der Waals surface area contributed by atoms with Crippen molar-refractivity contribution in [3.05, 3.63) is 83.9 Å². The van der Waals surface area contributed by atoms with Gasteiger partial charge in [-0.25, -0.2) is 17.9 Å². The Morgan fingerprint density at radius 3 is 2.19 bits per heavy atom. The van der Waals surface area contributed by atoms with Crippen LogP contribution < -0.4 is 14.2 Å². The second-order valence-electron chi connectivity index (χ2n) is 12.9. The summed E-state index contributed by atoms with van der Waals surface area (Å²) in [4.78, 5) is 27.2. The number of sulfonamides is 1. The van der Waals surface area contributed by atoms with Crippen LogP contribution in [-0.2, 0) is 14.8 Å². The highest BCUT2D eigenvalue weighted by atomic mass is 32.2. The van der Waals surface area contributed by atoms with Crippen molar-refractivity contribution in [3.63, 3.8) is 0 Å². The van der Waals surface area contributed by atoms with E-state index >= 15 is 0 Å². The minimum Gasteiger partial charge on any atom is -0.492 e. The molecule has 0 aliphatic heterocycles. The lowest BCUT2D eigenvalue weighted by molar-refractivity contribution is 0.0117. The molecule has 47 heavy (non-hydrogen) atoms. The van der Waals surface area contributed by atoms with Crippen LogP contribution in [0, 0.1) is 0 Å². The zero-order chi connectivity index (χ0) is 34.0. The molecule has 0 heterocycles. The maximum absolute atomic E-state index is 12.9. The fourth-order valence-corrected chi connectivity index (χ4v) is 5.79. The molecule has 0 unspecified atom stereocenters. The van der Waals surface area contributed by atoms with E-state index in [1.807, 2.05) is 47.2 Å². The molecule has 3 aromatic rings. The molecule has 0 bridgehead atoms. The molecule has 0 radical (unpaired) electrons. The van der Waals surface area contributed by atoms with E-state index in [-0.39, 0.29) is 31.4 Å². The summed E-state index contributed by atoms with van der Waals surface area (Å²) < 4.78 is 43.4. The number of rotatable bonds is 12. The monoisotopic (exact) mass is 666 g/mol. The van der Waals surface area contributed by atoms with Gasteiger partial charge in [0, 0.05) is 0 Å². The number of nitrogens with zero attached hydrogens (tertiary/aromatic N) is 1. The Morgan fingerprint density at radius 2 is 1.57 bits per heavy atom. The van der Waals surface area contributed by atoms with Crippen molar-refractivity contribution in [2.75, 3.05) is 26.0 Å². The molecule has 1 saturated carbocycles. The zero-order valence-corrected chi connectivity index (χ0v) is 28.4. The quantitative estimate of drug-likeness (QED) is 0.210. The summed E-state index contributed by atoms with van der Waals surface area (Å²) in [5, 5.41) is 10.8. The largest absolute Gasteiger partial charge is 0.492 e. The van der Waals surface area contributed by atoms with E-state index in [9.17, 15) is 23.1 Å². The molecule has 0 aromatic heterocycles. The van der Waals surface area contributed by atoms with Crippen molar-refractivity contribution in [3.8, 4) is 22.6 Å². The number of ether oxygens (including phenoxy) is 3. The zero-order valence-electron chi connectivity index (χ0n) is 27.6. The highest BCUT2D eigenvalue weighted by Gasteiger charge is 2.25. The van der Waals surface area contributed by atoms with Crippen LogP contribution in [0.2, 0.25) is 0 Å². The molecule has 0 spiro atoms. The van der Waals surface area contributed by atoms with E-state index in [1.54, 1.807) is 51.1 Å². The van der Waals surface area contributed by atoms with Gasteiger partial charge in [-0.15, -0.1) is 0 Å². The number of nitrogens with one attached hydrogen (secondary N) is 1. The van der Waals surface area contributed by atoms with Gasteiger partial charge in [0.2, 0.25) is 10.0 Å². The lowest BCUT2D eigenvalue weighted by Crippen LogP contribution is -2.41. The van der Waals surface area contributed by atoms with Crippen molar-refractivity contribution >= 4 is 22.0 Å². The number of hydrogen-bond acceptors (Lipinski definition) is 8. The summed E-state index contributed by atoms with van der Waals surface area (Å²) in [5.74, 6) is 0.194. The van der Waals surface area contributed by atoms with E-state index in [4.69, 9.17) is 14.2 Å². The first kappa shape index (κ1) is 35.8. The second kappa shape index (κ2) is 16.1. The van der Waals surface area contributed by atoms with Gasteiger partial charge in [-0.2, -0.15) is 0 Å². The third-order valence-electron chi connectivity index (χ3n) is 7.65. The average molecular weight is 667 g/mol. The summed E-state index contributed by atoms with van der Waals surface area (Å²) in [6.45, 7) is 5.78. The van der Waals surface area contributed by atoms with Gasteiger partial charge in [0.05, 0.1) is 37.1 Å². The molecular formula is C36H46N2O8S. The molecule has 1 fully saturated rings. The van der Waals surface area contributed by atoms with Gasteiger partial charge in [-0.3, -0.25) is 4.79 Å². The number of aliphatic hydroxyl groups excluding tert-OH is 1. The lowest BCUT2D eigenvalue weighted by Gasteiger charge is -2.29. The highest BCUT2D eigenvalue weighted by Crippen LogP contribution is 2.32. The predicted molar refractivity (Wildman–Crippen MR) is 181 cm³/mol. The molecule has 11 heteroatoms. The molecule has 2 amide bonds. The number of carbonyl (C=O) groups is 2. The fourth-order valence-electron chi connectivity index (χ4n) is 5.34. The summed E-state index contributed by atoms with van der Waals surface area (Å²) in [5.41, 5.74) is 1.81. The first-order valence-corrected chi connectivity index (χ1v) is 17.9.